The van der Waals surface area contributed by atoms with Crippen molar-refractivity contribution in [1.82, 2.24) is 10.6 Å². The van der Waals surface area contributed by atoms with Crippen molar-refractivity contribution in [3.05, 3.63) is 35.9 Å². The van der Waals surface area contributed by atoms with E-state index in [4.69, 9.17) is 9.47 Å². The average molecular weight is 318 g/mol. The van der Waals surface area contributed by atoms with Crippen molar-refractivity contribution in [2.45, 2.75) is 25.8 Å². The van der Waals surface area contributed by atoms with Gasteiger partial charge in [0.2, 0.25) is 5.91 Å². The highest BCUT2D eigenvalue weighted by molar-refractivity contribution is 5.79. The van der Waals surface area contributed by atoms with Crippen LogP contribution in [0.15, 0.2) is 24.8 Å². The molecule has 1 fully saturated rings. The largest absolute Gasteiger partial charge is 0.493 e. The second-order valence-electron chi connectivity index (χ2n) is 5.74. The van der Waals surface area contributed by atoms with Crippen LogP contribution < -0.4 is 20.1 Å². The Kier molecular flexibility index (Phi) is 6.47. The first-order valence-corrected chi connectivity index (χ1v) is 8.02. The van der Waals surface area contributed by atoms with E-state index < -0.39 is 0 Å². The number of allylic oxidation sites excluding steroid dienone is 1. The summed E-state index contributed by atoms with van der Waals surface area (Å²) in [5, 5.41) is 6.29. The molecule has 0 saturated carbocycles. The van der Waals surface area contributed by atoms with Gasteiger partial charge in [0, 0.05) is 18.7 Å². The fraction of sp³-hybridized carbons (Fsp3) is 0.500. The van der Waals surface area contributed by atoms with Gasteiger partial charge in [-0.15, -0.1) is 6.58 Å². The summed E-state index contributed by atoms with van der Waals surface area (Å²) in [5.41, 5.74) is 2.00. The molecule has 5 heteroatoms. The van der Waals surface area contributed by atoms with Gasteiger partial charge in [0.05, 0.1) is 20.1 Å². The van der Waals surface area contributed by atoms with Crippen molar-refractivity contribution in [2.24, 2.45) is 5.92 Å². The lowest BCUT2D eigenvalue weighted by Crippen LogP contribution is -2.40. The summed E-state index contributed by atoms with van der Waals surface area (Å²) in [4.78, 5) is 12.2. The molecule has 126 valence electrons. The number of carbonyl (C=O) groups excluding carboxylic acids is 1. The van der Waals surface area contributed by atoms with Crippen LogP contribution in [0, 0.1) is 5.92 Å². The Morgan fingerprint density at radius 3 is 2.87 bits per heavy atom. The molecule has 5 nitrogen and oxygen atoms in total. The molecule has 0 spiro atoms. The number of amides is 1. The molecule has 0 radical (unpaired) electrons. The van der Waals surface area contributed by atoms with Crippen molar-refractivity contribution < 1.29 is 14.3 Å². The van der Waals surface area contributed by atoms with E-state index in [0.29, 0.717) is 18.7 Å². The standard InChI is InChI=1S/C18H26N2O3/c1-4-6-14-9-13(10-16(22-2)17(14)23-3)11-20-18(21)15-7-5-8-19-12-15/h4,9-10,15,19H,1,5-8,11-12H2,2-3H3,(H,20,21). The van der Waals surface area contributed by atoms with Crippen molar-refractivity contribution in [3.63, 3.8) is 0 Å². The van der Waals surface area contributed by atoms with Gasteiger partial charge < -0.3 is 20.1 Å². The predicted octanol–water partition coefficient (Wildman–Crippen LogP) is 2.05. The van der Waals surface area contributed by atoms with Crippen LogP contribution in [0.4, 0.5) is 0 Å². The highest BCUT2D eigenvalue weighted by Crippen LogP contribution is 2.33. The van der Waals surface area contributed by atoms with Crippen molar-refractivity contribution >= 4 is 5.91 Å². The number of nitrogens with one attached hydrogen (secondary N) is 2. The molecule has 0 aromatic heterocycles. The number of carbonyl (C=O) groups is 1. The van der Waals surface area contributed by atoms with E-state index in [-0.39, 0.29) is 11.8 Å². The van der Waals surface area contributed by atoms with Gasteiger partial charge in [0.25, 0.3) is 0 Å². The monoisotopic (exact) mass is 318 g/mol. The third-order valence-electron chi connectivity index (χ3n) is 4.11. The molecule has 2 rings (SSSR count). The first-order valence-electron chi connectivity index (χ1n) is 8.02. The minimum absolute atomic E-state index is 0.0662. The SMILES string of the molecule is C=CCc1cc(CNC(=O)C2CCCNC2)cc(OC)c1OC. The number of rotatable bonds is 7. The van der Waals surface area contributed by atoms with Crippen molar-refractivity contribution in [2.75, 3.05) is 27.3 Å². The van der Waals surface area contributed by atoms with Gasteiger partial charge in [-0.3, -0.25) is 4.79 Å². The first-order chi connectivity index (χ1) is 11.2. The zero-order chi connectivity index (χ0) is 16.7. The normalized spacial score (nSPS) is 17.4. The topological polar surface area (TPSA) is 59.6 Å². The Morgan fingerprint density at radius 2 is 2.26 bits per heavy atom. The second-order valence-corrected chi connectivity index (χ2v) is 5.74. The smallest absolute Gasteiger partial charge is 0.224 e. The van der Waals surface area contributed by atoms with E-state index in [2.05, 4.69) is 17.2 Å². The predicted molar refractivity (Wildman–Crippen MR) is 90.9 cm³/mol. The summed E-state index contributed by atoms with van der Waals surface area (Å²) in [6.07, 6.45) is 4.52. The van der Waals surface area contributed by atoms with Gasteiger partial charge >= 0.3 is 0 Å². The molecule has 23 heavy (non-hydrogen) atoms. The van der Waals surface area contributed by atoms with E-state index in [9.17, 15) is 4.79 Å². The summed E-state index contributed by atoms with van der Waals surface area (Å²) in [6, 6.07) is 3.94. The number of piperidine rings is 1. The Morgan fingerprint density at radius 1 is 1.43 bits per heavy atom. The summed E-state index contributed by atoms with van der Waals surface area (Å²) in [6.45, 7) is 6.03. The molecule has 2 N–H and O–H groups in total. The van der Waals surface area contributed by atoms with Crippen molar-refractivity contribution in [1.29, 1.82) is 0 Å². The fourth-order valence-corrected chi connectivity index (χ4v) is 2.92. The molecule has 1 aliphatic heterocycles. The van der Waals surface area contributed by atoms with Crippen LogP contribution in [0.2, 0.25) is 0 Å². The van der Waals surface area contributed by atoms with Crippen LogP contribution in [-0.4, -0.2) is 33.2 Å². The van der Waals surface area contributed by atoms with Crippen LogP contribution in [-0.2, 0) is 17.8 Å². The molecule has 1 aromatic carbocycles. The Bertz CT molecular complexity index is 551. The highest BCUT2D eigenvalue weighted by atomic mass is 16.5. The third kappa shape index (κ3) is 4.48. The van der Waals surface area contributed by atoms with Crippen LogP contribution in [0.3, 0.4) is 0 Å². The van der Waals surface area contributed by atoms with Crippen LogP contribution in [0.1, 0.15) is 24.0 Å². The molecule has 1 amide bonds. The molecule has 1 atom stereocenters. The number of benzene rings is 1. The maximum atomic E-state index is 12.2. The zero-order valence-electron chi connectivity index (χ0n) is 14.0. The van der Waals surface area contributed by atoms with E-state index in [1.807, 2.05) is 18.2 Å². The summed E-state index contributed by atoms with van der Waals surface area (Å²) >= 11 is 0. The van der Waals surface area contributed by atoms with E-state index in [1.165, 1.54) is 0 Å². The van der Waals surface area contributed by atoms with E-state index in [0.717, 1.165) is 42.8 Å². The second kappa shape index (κ2) is 8.58. The summed E-state index contributed by atoms with van der Waals surface area (Å²) < 4.78 is 10.8. The van der Waals surface area contributed by atoms with Crippen LogP contribution >= 0.6 is 0 Å². The lowest BCUT2D eigenvalue weighted by Gasteiger charge is -2.22. The Labute approximate surface area is 138 Å². The lowest BCUT2D eigenvalue weighted by atomic mass is 9.98. The zero-order valence-corrected chi connectivity index (χ0v) is 14.0. The summed E-state index contributed by atoms with van der Waals surface area (Å²) in [7, 11) is 3.24. The quantitative estimate of drug-likeness (QED) is 0.756. The van der Waals surface area contributed by atoms with Gasteiger partial charge in [-0.1, -0.05) is 6.08 Å². The van der Waals surface area contributed by atoms with E-state index >= 15 is 0 Å². The number of methoxy groups -OCH3 is 2. The molecule has 1 saturated heterocycles. The number of hydrogen-bond donors (Lipinski definition) is 2. The Hall–Kier alpha value is -2.01. The molecule has 0 bridgehead atoms. The molecule has 1 aliphatic rings. The molecule has 1 unspecified atom stereocenters. The van der Waals surface area contributed by atoms with E-state index in [1.54, 1.807) is 14.2 Å². The third-order valence-corrected chi connectivity index (χ3v) is 4.11. The number of ether oxygens (including phenoxy) is 2. The van der Waals surface area contributed by atoms with Gasteiger partial charge in [-0.05, 0) is 43.5 Å². The van der Waals surface area contributed by atoms with Gasteiger partial charge in [0.1, 0.15) is 0 Å². The van der Waals surface area contributed by atoms with Crippen molar-refractivity contribution in [3.8, 4) is 11.5 Å². The maximum Gasteiger partial charge on any atom is 0.224 e. The average Bonchev–Trinajstić information content (AvgIpc) is 2.60. The maximum absolute atomic E-state index is 12.2. The van der Waals surface area contributed by atoms with Crippen LogP contribution in [0.25, 0.3) is 0 Å². The molecular weight excluding hydrogens is 292 g/mol. The van der Waals surface area contributed by atoms with Crippen LogP contribution in [0.5, 0.6) is 11.5 Å². The minimum Gasteiger partial charge on any atom is -0.493 e. The molecule has 1 aromatic rings. The first kappa shape index (κ1) is 17.3. The van der Waals surface area contributed by atoms with Gasteiger partial charge in [-0.25, -0.2) is 0 Å². The molecule has 1 heterocycles. The van der Waals surface area contributed by atoms with Gasteiger partial charge in [-0.2, -0.15) is 0 Å². The lowest BCUT2D eigenvalue weighted by molar-refractivity contribution is -0.125. The molecular formula is C18H26N2O3. The Balaban J connectivity index is 2.08. The highest BCUT2D eigenvalue weighted by Gasteiger charge is 2.20. The summed E-state index contributed by atoms with van der Waals surface area (Å²) in [5.74, 6) is 1.57. The van der Waals surface area contributed by atoms with Gasteiger partial charge in [0.15, 0.2) is 11.5 Å². The molecule has 0 aliphatic carbocycles. The minimum atomic E-state index is 0.0662. The number of hydrogen-bond acceptors (Lipinski definition) is 4. The fourth-order valence-electron chi connectivity index (χ4n) is 2.92.